The summed E-state index contributed by atoms with van der Waals surface area (Å²) in [7, 11) is 0. The van der Waals surface area contributed by atoms with E-state index in [2.05, 4.69) is 10.6 Å². The third kappa shape index (κ3) is 5.36. The molecule has 1 aromatic carbocycles. The van der Waals surface area contributed by atoms with Gasteiger partial charge in [-0.3, -0.25) is 9.59 Å². The number of likely N-dealkylation sites (tertiary alicyclic amines) is 1. The average Bonchev–Trinajstić information content (AvgIpc) is 3.52. The molecule has 2 N–H and O–H groups in total. The molecule has 8 nitrogen and oxygen atoms in total. The van der Waals surface area contributed by atoms with E-state index in [0.29, 0.717) is 51.3 Å². The number of hydrogen-bond acceptors (Lipinski definition) is 4. The molecule has 3 aliphatic rings. The zero-order valence-electron chi connectivity index (χ0n) is 19.5. The highest BCUT2D eigenvalue weighted by molar-refractivity contribution is 6.00. The number of nitriles is 1. The first-order chi connectivity index (χ1) is 16.5. The van der Waals surface area contributed by atoms with E-state index in [9.17, 15) is 32.8 Å². The first-order valence-electron chi connectivity index (χ1n) is 11.7. The van der Waals surface area contributed by atoms with Crippen molar-refractivity contribution in [3.05, 3.63) is 30.1 Å². The Bertz CT molecular complexity index is 1040. The minimum atomic E-state index is -3.20. The smallest absolute Gasteiger partial charge is 0.318 e. The number of nitrogens with zero attached hydrogens (tertiary/aromatic N) is 3. The van der Waals surface area contributed by atoms with Crippen LogP contribution < -0.4 is 15.5 Å². The Morgan fingerprint density at radius 2 is 1.71 bits per heavy atom. The SMILES string of the molecule is CC(F)(F)C[C@H](NC(=O)N1CCC2(CC1)CCN(c1ccc(F)cc1)C2=O)C(=O)NC1(C#N)CC1. The molecule has 2 saturated heterocycles. The Labute approximate surface area is 201 Å². The number of carbonyl (C=O) groups is 3. The molecule has 11 heteroatoms. The van der Waals surface area contributed by atoms with Crippen LogP contribution in [-0.2, 0) is 9.59 Å². The van der Waals surface area contributed by atoms with Crippen molar-refractivity contribution in [2.45, 2.75) is 63.0 Å². The first kappa shape index (κ1) is 24.8. The molecule has 1 spiro atoms. The number of anilines is 1. The van der Waals surface area contributed by atoms with Gasteiger partial charge in [-0.2, -0.15) is 5.26 Å². The average molecular weight is 492 g/mol. The molecule has 3 fully saturated rings. The van der Waals surface area contributed by atoms with Crippen LogP contribution in [0.1, 0.15) is 45.4 Å². The predicted octanol–water partition coefficient (Wildman–Crippen LogP) is 2.94. The van der Waals surface area contributed by atoms with Crippen molar-refractivity contribution in [1.29, 1.82) is 5.26 Å². The highest BCUT2D eigenvalue weighted by atomic mass is 19.3. The van der Waals surface area contributed by atoms with Gasteiger partial charge in [0, 0.05) is 31.7 Å². The van der Waals surface area contributed by atoms with Crippen molar-refractivity contribution >= 4 is 23.5 Å². The molecular formula is C24H28F3N5O3. The summed E-state index contributed by atoms with van der Waals surface area (Å²) in [6, 6.07) is 5.53. The summed E-state index contributed by atoms with van der Waals surface area (Å²) in [5.41, 5.74) is -1.06. The lowest BCUT2D eigenvalue weighted by molar-refractivity contribution is -0.127. The maximum Gasteiger partial charge on any atom is 0.318 e. The monoisotopic (exact) mass is 491 g/mol. The minimum absolute atomic E-state index is 0.0710. The second kappa shape index (κ2) is 9.06. The minimum Gasteiger partial charge on any atom is -0.336 e. The van der Waals surface area contributed by atoms with E-state index in [1.54, 1.807) is 17.0 Å². The molecule has 2 heterocycles. The fraction of sp³-hybridized carbons (Fsp3) is 0.583. The van der Waals surface area contributed by atoms with E-state index in [1.807, 2.05) is 6.07 Å². The zero-order valence-corrected chi connectivity index (χ0v) is 19.5. The fourth-order valence-electron chi connectivity index (χ4n) is 4.81. The van der Waals surface area contributed by atoms with Crippen molar-refractivity contribution < 1.29 is 27.6 Å². The highest BCUT2D eigenvalue weighted by Crippen LogP contribution is 2.43. The van der Waals surface area contributed by atoms with Crippen molar-refractivity contribution in [3.8, 4) is 6.07 Å². The molecule has 0 aromatic heterocycles. The second-order valence-electron chi connectivity index (χ2n) is 9.91. The number of halogens is 3. The predicted molar refractivity (Wildman–Crippen MR) is 120 cm³/mol. The Balaban J connectivity index is 1.37. The molecule has 0 radical (unpaired) electrons. The van der Waals surface area contributed by atoms with Crippen LogP contribution in [0.5, 0.6) is 0 Å². The van der Waals surface area contributed by atoms with Crippen LogP contribution in [0.15, 0.2) is 24.3 Å². The third-order valence-electron chi connectivity index (χ3n) is 7.16. The van der Waals surface area contributed by atoms with Gasteiger partial charge in [0.25, 0.3) is 0 Å². The van der Waals surface area contributed by atoms with Gasteiger partial charge in [0.05, 0.1) is 11.5 Å². The van der Waals surface area contributed by atoms with Gasteiger partial charge in [-0.05, 0) is 63.3 Å². The summed E-state index contributed by atoms with van der Waals surface area (Å²) in [5, 5.41) is 14.1. The van der Waals surface area contributed by atoms with Crippen LogP contribution in [0.4, 0.5) is 23.7 Å². The van der Waals surface area contributed by atoms with Crippen molar-refractivity contribution in [1.82, 2.24) is 15.5 Å². The van der Waals surface area contributed by atoms with Crippen LogP contribution in [-0.4, -0.2) is 59.9 Å². The van der Waals surface area contributed by atoms with Gasteiger partial charge in [-0.25, -0.2) is 18.0 Å². The topological polar surface area (TPSA) is 106 Å². The number of nitrogens with one attached hydrogen (secondary N) is 2. The van der Waals surface area contributed by atoms with Gasteiger partial charge in [-0.15, -0.1) is 0 Å². The molecule has 1 saturated carbocycles. The maximum atomic E-state index is 13.7. The molecule has 0 bridgehead atoms. The highest BCUT2D eigenvalue weighted by Gasteiger charge is 2.50. The molecule has 1 aromatic rings. The fourth-order valence-corrected chi connectivity index (χ4v) is 4.81. The third-order valence-corrected chi connectivity index (χ3v) is 7.16. The number of rotatable bonds is 6. The Morgan fingerprint density at radius 1 is 1.11 bits per heavy atom. The molecule has 2 aliphatic heterocycles. The number of amides is 4. The van der Waals surface area contributed by atoms with Crippen LogP contribution in [0.25, 0.3) is 0 Å². The van der Waals surface area contributed by atoms with Crippen LogP contribution in [0.3, 0.4) is 0 Å². The normalized spacial score (nSPS) is 21.4. The number of carbonyl (C=O) groups excluding carboxylic acids is 3. The van der Waals surface area contributed by atoms with Crippen LogP contribution in [0, 0.1) is 22.6 Å². The lowest BCUT2D eigenvalue weighted by atomic mass is 9.77. The summed E-state index contributed by atoms with van der Waals surface area (Å²) in [6.45, 7) is 1.62. The van der Waals surface area contributed by atoms with Crippen molar-refractivity contribution in [2.75, 3.05) is 24.5 Å². The number of alkyl halides is 2. The Morgan fingerprint density at radius 3 is 2.26 bits per heavy atom. The first-order valence-corrected chi connectivity index (χ1v) is 11.7. The standard InChI is InChI=1S/C24H28F3N5O3/c1-22(26,27)14-18(19(33)30-24(15-28)6-7-24)29-21(35)31-11-8-23(9-12-31)10-13-32(20(23)34)17-4-2-16(25)3-5-17/h2-5,18H,6-14H2,1H3,(H,29,35)(H,30,33)/t18-/m0/s1. The van der Waals surface area contributed by atoms with Crippen molar-refractivity contribution in [2.24, 2.45) is 5.41 Å². The van der Waals surface area contributed by atoms with Gasteiger partial charge < -0.3 is 20.4 Å². The summed E-state index contributed by atoms with van der Waals surface area (Å²) >= 11 is 0. The van der Waals surface area contributed by atoms with Crippen LogP contribution in [0.2, 0.25) is 0 Å². The quantitative estimate of drug-likeness (QED) is 0.638. The second-order valence-corrected chi connectivity index (χ2v) is 9.91. The van der Waals surface area contributed by atoms with E-state index >= 15 is 0 Å². The van der Waals surface area contributed by atoms with Crippen LogP contribution >= 0.6 is 0 Å². The summed E-state index contributed by atoms with van der Waals surface area (Å²) < 4.78 is 40.7. The van der Waals surface area contributed by atoms with E-state index in [0.717, 1.165) is 0 Å². The van der Waals surface area contributed by atoms with E-state index < -0.39 is 41.3 Å². The van der Waals surface area contributed by atoms with E-state index in [1.165, 1.54) is 17.0 Å². The van der Waals surface area contributed by atoms with Gasteiger partial charge in [0.2, 0.25) is 17.7 Å². The van der Waals surface area contributed by atoms with Crippen molar-refractivity contribution in [3.63, 3.8) is 0 Å². The number of urea groups is 1. The van der Waals surface area contributed by atoms with E-state index in [4.69, 9.17) is 0 Å². The summed E-state index contributed by atoms with van der Waals surface area (Å²) in [4.78, 5) is 41.7. The number of benzene rings is 1. The molecule has 35 heavy (non-hydrogen) atoms. The largest absolute Gasteiger partial charge is 0.336 e. The molecule has 1 atom stereocenters. The lowest BCUT2D eigenvalue weighted by Crippen LogP contribution is -2.56. The van der Waals surface area contributed by atoms with Gasteiger partial charge in [0.1, 0.15) is 17.4 Å². The molecular weight excluding hydrogens is 463 g/mol. The molecule has 4 rings (SSSR count). The lowest BCUT2D eigenvalue weighted by Gasteiger charge is -2.38. The van der Waals surface area contributed by atoms with Gasteiger partial charge in [0.15, 0.2) is 0 Å². The molecule has 0 unspecified atom stereocenters. The Kier molecular flexibility index (Phi) is 6.42. The van der Waals surface area contributed by atoms with Gasteiger partial charge in [-0.1, -0.05) is 0 Å². The molecule has 188 valence electrons. The summed E-state index contributed by atoms with van der Waals surface area (Å²) in [5.74, 6) is -4.47. The molecule has 4 amide bonds. The number of piperidine rings is 1. The molecule has 1 aliphatic carbocycles. The van der Waals surface area contributed by atoms with E-state index in [-0.39, 0.29) is 24.8 Å². The van der Waals surface area contributed by atoms with Gasteiger partial charge >= 0.3 is 6.03 Å². The summed E-state index contributed by atoms with van der Waals surface area (Å²) in [6.07, 6.45) is 1.38. The maximum absolute atomic E-state index is 13.7. The Hall–Kier alpha value is -3.29. The zero-order chi connectivity index (χ0) is 25.4. The number of hydrogen-bond donors (Lipinski definition) is 2.